The van der Waals surface area contributed by atoms with Crippen LogP contribution in [0.15, 0.2) is 59.3 Å². The Morgan fingerprint density at radius 3 is 2.64 bits per heavy atom. The van der Waals surface area contributed by atoms with Crippen LogP contribution in [0.4, 0.5) is 0 Å². The number of ether oxygens (including phenoxy) is 1. The molecule has 0 spiro atoms. The van der Waals surface area contributed by atoms with Gasteiger partial charge in [0.1, 0.15) is 5.75 Å². The molecule has 1 N–H and O–H groups in total. The molecular formula is C20H20N2O3. The summed E-state index contributed by atoms with van der Waals surface area (Å²) in [5, 5.41) is 2.88. The van der Waals surface area contributed by atoms with Crippen LogP contribution in [0.25, 0.3) is 11.3 Å². The van der Waals surface area contributed by atoms with Crippen LogP contribution in [0.2, 0.25) is 0 Å². The van der Waals surface area contributed by atoms with Gasteiger partial charge in [0.15, 0.2) is 17.8 Å². The lowest BCUT2D eigenvalue weighted by Gasteiger charge is -2.06. The third kappa shape index (κ3) is 3.88. The Hall–Kier alpha value is -3.08. The molecule has 5 nitrogen and oxygen atoms in total. The van der Waals surface area contributed by atoms with Crippen LogP contribution in [0.3, 0.4) is 0 Å². The number of oxazole rings is 1. The van der Waals surface area contributed by atoms with Crippen LogP contribution >= 0.6 is 0 Å². The van der Waals surface area contributed by atoms with Gasteiger partial charge in [0.05, 0.1) is 7.11 Å². The monoisotopic (exact) mass is 336 g/mol. The normalized spacial score (nSPS) is 10.5. The van der Waals surface area contributed by atoms with Gasteiger partial charge in [-0.05, 0) is 29.7 Å². The van der Waals surface area contributed by atoms with Crippen molar-refractivity contribution in [3.63, 3.8) is 0 Å². The summed E-state index contributed by atoms with van der Waals surface area (Å²) in [6, 6.07) is 15.5. The van der Waals surface area contributed by atoms with Crippen molar-refractivity contribution < 1.29 is 13.9 Å². The number of methoxy groups -OCH3 is 1. The second-order valence-electron chi connectivity index (χ2n) is 5.61. The van der Waals surface area contributed by atoms with Crippen molar-refractivity contribution >= 4 is 5.91 Å². The van der Waals surface area contributed by atoms with Crippen LogP contribution < -0.4 is 10.1 Å². The quantitative estimate of drug-likeness (QED) is 0.743. The highest BCUT2D eigenvalue weighted by molar-refractivity contribution is 5.97. The van der Waals surface area contributed by atoms with Crippen LogP contribution in [0.5, 0.6) is 5.75 Å². The molecule has 0 fully saturated rings. The summed E-state index contributed by atoms with van der Waals surface area (Å²) in [5.41, 5.74) is 3.32. The van der Waals surface area contributed by atoms with Crippen molar-refractivity contribution in [3.8, 4) is 17.1 Å². The summed E-state index contributed by atoms with van der Waals surface area (Å²) in [5.74, 6) is 0.847. The molecule has 3 rings (SSSR count). The maximum Gasteiger partial charge on any atom is 0.274 e. The number of aryl methyl sites for hydroxylation is 1. The van der Waals surface area contributed by atoms with Crippen LogP contribution in [-0.2, 0) is 13.0 Å². The number of aromatic nitrogens is 1. The fourth-order valence-electron chi connectivity index (χ4n) is 2.54. The Morgan fingerprint density at radius 2 is 1.92 bits per heavy atom. The molecule has 3 aromatic rings. The number of hydrogen-bond donors (Lipinski definition) is 1. The van der Waals surface area contributed by atoms with Gasteiger partial charge >= 0.3 is 0 Å². The fourth-order valence-corrected chi connectivity index (χ4v) is 2.54. The molecule has 25 heavy (non-hydrogen) atoms. The molecule has 5 heteroatoms. The zero-order valence-electron chi connectivity index (χ0n) is 14.3. The minimum Gasteiger partial charge on any atom is -0.497 e. The molecule has 0 bridgehead atoms. The van der Waals surface area contributed by atoms with Crippen molar-refractivity contribution in [2.75, 3.05) is 7.11 Å². The second kappa shape index (κ2) is 7.66. The SMILES string of the molecule is CCc1ccc(CNC(=O)c2ncoc2-c2cccc(OC)c2)cc1. The molecule has 0 aliphatic rings. The van der Waals surface area contributed by atoms with Crippen LogP contribution in [-0.4, -0.2) is 18.0 Å². The highest BCUT2D eigenvalue weighted by Crippen LogP contribution is 2.26. The molecule has 0 atom stereocenters. The van der Waals surface area contributed by atoms with E-state index in [-0.39, 0.29) is 11.6 Å². The van der Waals surface area contributed by atoms with Gasteiger partial charge in [-0.1, -0.05) is 43.3 Å². The summed E-state index contributed by atoms with van der Waals surface area (Å²) < 4.78 is 10.6. The van der Waals surface area contributed by atoms with Gasteiger partial charge in [-0.25, -0.2) is 4.98 Å². The first-order valence-corrected chi connectivity index (χ1v) is 8.15. The highest BCUT2D eigenvalue weighted by Gasteiger charge is 2.18. The first kappa shape index (κ1) is 16.8. The van der Waals surface area contributed by atoms with Gasteiger partial charge in [-0.3, -0.25) is 4.79 Å². The summed E-state index contributed by atoms with van der Waals surface area (Å²) in [6.07, 6.45) is 2.27. The lowest BCUT2D eigenvalue weighted by molar-refractivity contribution is 0.0946. The predicted molar refractivity (Wildman–Crippen MR) is 95.5 cm³/mol. The lowest BCUT2D eigenvalue weighted by Crippen LogP contribution is -2.23. The van der Waals surface area contributed by atoms with E-state index in [0.29, 0.717) is 18.1 Å². The summed E-state index contributed by atoms with van der Waals surface area (Å²) in [6.45, 7) is 2.55. The van der Waals surface area contributed by atoms with E-state index in [1.165, 1.54) is 12.0 Å². The molecule has 0 aliphatic carbocycles. The number of hydrogen-bond acceptors (Lipinski definition) is 4. The van der Waals surface area contributed by atoms with E-state index in [0.717, 1.165) is 17.5 Å². The standard InChI is InChI=1S/C20H20N2O3/c1-3-14-7-9-15(10-8-14)12-21-20(23)18-19(25-13-22-18)16-5-4-6-17(11-16)24-2/h4-11,13H,3,12H2,1-2H3,(H,21,23). The van der Waals surface area contributed by atoms with E-state index in [2.05, 4.69) is 29.4 Å². The molecule has 0 unspecified atom stereocenters. The molecule has 0 saturated carbocycles. The second-order valence-corrected chi connectivity index (χ2v) is 5.61. The minimum atomic E-state index is -0.272. The number of nitrogens with zero attached hydrogens (tertiary/aromatic N) is 1. The summed E-state index contributed by atoms with van der Waals surface area (Å²) in [7, 11) is 1.59. The number of nitrogens with one attached hydrogen (secondary N) is 1. The van der Waals surface area contributed by atoms with Gasteiger partial charge < -0.3 is 14.5 Å². The predicted octanol–water partition coefficient (Wildman–Crippen LogP) is 3.84. The fraction of sp³-hybridized carbons (Fsp3) is 0.200. The molecule has 1 aromatic heterocycles. The smallest absolute Gasteiger partial charge is 0.274 e. The number of rotatable bonds is 6. The first-order chi connectivity index (χ1) is 12.2. The van der Waals surface area contributed by atoms with Crippen molar-refractivity contribution in [2.45, 2.75) is 19.9 Å². The van der Waals surface area contributed by atoms with Crippen molar-refractivity contribution in [1.29, 1.82) is 0 Å². The Bertz CT molecular complexity index is 853. The maximum absolute atomic E-state index is 12.5. The third-order valence-electron chi connectivity index (χ3n) is 4.00. The third-order valence-corrected chi connectivity index (χ3v) is 4.00. The van der Waals surface area contributed by atoms with E-state index in [1.807, 2.05) is 30.3 Å². The van der Waals surface area contributed by atoms with Gasteiger partial charge in [-0.15, -0.1) is 0 Å². The van der Waals surface area contributed by atoms with Crippen molar-refractivity contribution in [3.05, 3.63) is 71.7 Å². The average molecular weight is 336 g/mol. The zero-order valence-corrected chi connectivity index (χ0v) is 14.3. The van der Waals surface area contributed by atoms with Gasteiger partial charge in [-0.2, -0.15) is 0 Å². The Morgan fingerprint density at radius 1 is 1.16 bits per heavy atom. The minimum absolute atomic E-state index is 0.262. The van der Waals surface area contributed by atoms with Crippen molar-refractivity contribution in [2.24, 2.45) is 0 Å². The Balaban J connectivity index is 1.73. The van der Waals surface area contributed by atoms with Crippen LogP contribution in [0, 0.1) is 0 Å². The summed E-state index contributed by atoms with van der Waals surface area (Å²) in [4.78, 5) is 16.6. The Kier molecular flexibility index (Phi) is 5.14. The Labute approximate surface area is 146 Å². The van der Waals surface area contributed by atoms with E-state index < -0.39 is 0 Å². The molecular weight excluding hydrogens is 316 g/mol. The molecule has 1 amide bonds. The molecule has 0 radical (unpaired) electrons. The topological polar surface area (TPSA) is 64.4 Å². The number of benzene rings is 2. The number of carbonyl (C=O) groups is 1. The number of carbonyl (C=O) groups excluding carboxylic acids is 1. The molecule has 2 aromatic carbocycles. The van der Waals surface area contributed by atoms with E-state index in [9.17, 15) is 4.79 Å². The molecule has 0 aliphatic heterocycles. The average Bonchev–Trinajstić information content (AvgIpc) is 3.16. The first-order valence-electron chi connectivity index (χ1n) is 8.15. The number of amides is 1. The van der Waals surface area contributed by atoms with Gasteiger partial charge in [0, 0.05) is 12.1 Å². The maximum atomic E-state index is 12.5. The largest absolute Gasteiger partial charge is 0.497 e. The zero-order chi connectivity index (χ0) is 17.6. The molecule has 0 saturated heterocycles. The van der Waals surface area contributed by atoms with Gasteiger partial charge in [0.25, 0.3) is 5.91 Å². The molecule has 128 valence electrons. The van der Waals surface area contributed by atoms with E-state index >= 15 is 0 Å². The van der Waals surface area contributed by atoms with Gasteiger partial charge in [0.2, 0.25) is 0 Å². The van der Waals surface area contributed by atoms with E-state index in [1.54, 1.807) is 13.2 Å². The van der Waals surface area contributed by atoms with Crippen molar-refractivity contribution in [1.82, 2.24) is 10.3 Å². The van der Waals surface area contributed by atoms with E-state index in [4.69, 9.17) is 9.15 Å². The summed E-state index contributed by atoms with van der Waals surface area (Å²) >= 11 is 0. The molecule has 1 heterocycles. The van der Waals surface area contributed by atoms with Crippen LogP contribution in [0.1, 0.15) is 28.5 Å². The highest BCUT2D eigenvalue weighted by atomic mass is 16.5. The lowest BCUT2D eigenvalue weighted by atomic mass is 10.1.